The zero-order chi connectivity index (χ0) is 31.2. The smallest absolute Gasteiger partial charge is 0.338 e. The number of rotatable bonds is 7. The molecule has 2 aliphatic rings. The normalized spacial score (nSPS) is 16.4. The van der Waals surface area contributed by atoms with Gasteiger partial charge in [-0.1, -0.05) is 26.5 Å². The number of aromatic nitrogens is 4. The number of aromatic amines is 2. The number of nitrogens with zero attached hydrogens (tertiary/aromatic N) is 2. The van der Waals surface area contributed by atoms with Crippen LogP contribution >= 0.6 is 0 Å². The van der Waals surface area contributed by atoms with Crippen molar-refractivity contribution >= 4 is 51.2 Å². The van der Waals surface area contributed by atoms with E-state index in [4.69, 9.17) is 14.7 Å². The third-order valence-corrected chi connectivity index (χ3v) is 9.06. The first kappa shape index (κ1) is 30.0. The van der Waals surface area contributed by atoms with Crippen LogP contribution in [0.25, 0.3) is 39.3 Å². The van der Waals surface area contributed by atoms with E-state index in [0.717, 1.165) is 62.1 Å². The summed E-state index contributed by atoms with van der Waals surface area (Å²) < 4.78 is 5.22. The van der Waals surface area contributed by atoms with Crippen molar-refractivity contribution in [2.75, 3.05) is 6.61 Å². The third-order valence-electron chi connectivity index (χ3n) is 9.06. The van der Waals surface area contributed by atoms with Crippen LogP contribution in [-0.4, -0.2) is 43.6 Å². The number of carboxylic acids is 1. The van der Waals surface area contributed by atoms with Gasteiger partial charge in [0.1, 0.15) is 0 Å². The fraction of sp³-hybridized carbons (Fsp3) is 0.371. The number of carbonyl (C=O) groups excluding carboxylic acids is 1. The molecule has 224 valence electrons. The molecule has 5 heterocycles. The fourth-order valence-electron chi connectivity index (χ4n) is 6.55. The lowest BCUT2D eigenvalue weighted by atomic mass is 9.85. The lowest BCUT2D eigenvalue weighted by Crippen LogP contribution is -2.10. The van der Waals surface area contributed by atoms with Gasteiger partial charge in [0.05, 0.1) is 23.6 Å². The predicted molar refractivity (Wildman–Crippen MR) is 172 cm³/mol. The summed E-state index contributed by atoms with van der Waals surface area (Å²) in [7, 11) is 0. The van der Waals surface area contributed by atoms with Gasteiger partial charge in [0.15, 0.2) is 0 Å². The van der Waals surface area contributed by atoms with Crippen LogP contribution in [0.3, 0.4) is 0 Å². The standard InChI is InChI=1S/C35H40N4O4/c1-9-22-17(4)25-14-27-19(6)24(12-13-31(40)43-11-3)33(38-27)21(8)34-32(35(41)42)20(7)28(39-34)16-30-23(10-2)18(5)26(37-30)15-29(22)36-25/h9,14-16,19,24,36-37H,1,10-13H2,2-8H3,(H,41,42)/t19-,24-/m0/s1. The highest BCUT2D eigenvalue weighted by Crippen LogP contribution is 2.43. The highest BCUT2D eigenvalue weighted by Gasteiger charge is 2.33. The van der Waals surface area contributed by atoms with Crippen LogP contribution in [0.15, 0.2) is 24.8 Å². The van der Waals surface area contributed by atoms with Crippen LogP contribution in [0, 0.1) is 20.8 Å². The Labute approximate surface area is 252 Å². The van der Waals surface area contributed by atoms with Crippen molar-refractivity contribution in [2.45, 2.75) is 79.6 Å². The van der Waals surface area contributed by atoms with Crippen molar-refractivity contribution in [1.29, 1.82) is 0 Å². The maximum Gasteiger partial charge on any atom is 0.338 e. The number of hydrogen-bond acceptors (Lipinski definition) is 5. The Kier molecular flexibility index (Phi) is 8.14. The van der Waals surface area contributed by atoms with Gasteiger partial charge in [-0.05, 0) is 93.5 Å². The van der Waals surface area contributed by atoms with Crippen LogP contribution in [0.4, 0.5) is 0 Å². The van der Waals surface area contributed by atoms with Crippen molar-refractivity contribution in [3.63, 3.8) is 0 Å². The van der Waals surface area contributed by atoms with Gasteiger partial charge in [0, 0.05) is 57.3 Å². The Morgan fingerprint density at radius 2 is 1.67 bits per heavy atom. The minimum absolute atomic E-state index is 0.0207. The highest BCUT2D eigenvalue weighted by atomic mass is 16.5. The molecular formula is C35H40N4O4. The quantitative estimate of drug-likeness (QED) is 0.246. The van der Waals surface area contributed by atoms with Crippen molar-refractivity contribution in [3.8, 4) is 0 Å². The largest absolute Gasteiger partial charge is 0.478 e. The summed E-state index contributed by atoms with van der Waals surface area (Å²) in [6, 6.07) is 6.13. The Balaban J connectivity index is 1.92. The molecule has 3 N–H and O–H groups in total. The molecule has 3 aromatic rings. The molecule has 8 nitrogen and oxygen atoms in total. The van der Waals surface area contributed by atoms with E-state index in [2.05, 4.69) is 56.4 Å². The molecule has 0 aromatic carbocycles. The summed E-state index contributed by atoms with van der Waals surface area (Å²) in [5, 5.41) is 10.3. The van der Waals surface area contributed by atoms with Crippen molar-refractivity contribution < 1.29 is 19.4 Å². The lowest BCUT2D eigenvalue weighted by Gasteiger charge is -2.17. The predicted octanol–water partition coefficient (Wildman–Crippen LogP) is 7.69. The molecule has 0 spiro atoms. The molecule has 0 radical (unpaired) electrons. The van der Waals surface area contributed by atoms with E-state index in [0.29, 0.717) is 35.6 Å². The fourth-order valence-corrected chi connectivity index (χ4v) is 6.55. The number of carbonyl (C=O) groups is 2. The molecule has 8 bridgehead atoms. The summed E-state index contributed by atoms with van der Waals surface area (Å²) in [6.07, 6.45) is 3.45. The molecule has 0 saturated heterocycles. The molecule has 0 amide bonds. The maximum absolute atomic E-state index is 12.6. The molecule has 0 fully saturated rings. The molecule has 3 aromatic heterocycles. The van der Waals surface area contributed by atoms with E-state index < -0.39 is 5.97 Å². The van der Waals surface area contributed by atoms with E-state index >= 15 is 0 Å². The van der Waals surface area contributed by atoms with Crippen LogP contribution in [0.5, 0.6) is 0 Å². The summed E-state index contributed by atoms with van der Waals surface area (Å²) in [5.41, 5.74) is 12.3. The second-order valence-corrected chi connectivity index (χ2v) is 11.5. The van der Waals surface area contributed by atoms with Crippen LogP contribution < -0.4 is 0 Å². The summed E-state index contributed by atoms with van der Waals surface area (Å²) in [5.74, 6) is -1.41. The summed E-state index contributed by atoms with van der Waals surface area (Å²) in [6.45, 7) is 18.3. The van der Waals surface area contributed by atoms with Crippen molar-refractivity contribution in [1.82, 2.24) is 19.9 Å². The second kappa shape index (κ2) is 11.7. The molecule has 8 heteroatoms. The third kappa shape index (κ3) is 5.19. The van der Waals surface area contributed by atoms with Gasteiger partial charge in [-0.3, -0.25) is 9.78 Å². The molecule has 2 aliphatic heterocycles. The van der Waals surface area contributed by atoms with Gasteiger partial charge >= 0.3 is 11.9 Å². The Hall–Kier alpha value is -4.46. The number of aliphatic carboxylic acids is 1. The molecule has 5 rings (SSSR count). The SMILES string of the molecule is C=Cc1c(C)c2cc3nc(c(C)c4nc(cc5[nH]c(cc1[nH]2)c(C)c5CC)C(C)=C4C(=O)O)[C@@H](CCC(=O)OCC)[C@@H]3C. The van der Waals surface area contributed by atoms with E-state index in [9.17, 15) is 14.7 Å². The van der Waals surface area contributed by atoms with E-state index in [-0.39, 0.29) is 29.8 Å². The van der Waals surface area contributed by atoms with E-state index in [1.165, 1.54) is 0 Å². The maximum atomic E-state index is 12.6. The molecule has 2 atom stereocenters. The molecule has 0 unspecified atom stereocenters. The van der Waals surface area contributed by atoms with E-state index in [1.54, 1.807) is 6.92 Å². The van der Waals surface area contributed by atoms with Crippen LogP contribution in [0.2, 0.25) is 0 Å². The average molecular weight is 581 g/mol. The minimum Gasteiger partial charge on any atom is -0.478 e. The number of esters is 1. The Bertz CT molecular complexity index is 1860. The summed E-state index contributed by atoms with van der Waals surface area (Å²) >= 11 is 0. The van der Waals surface area contributed by atoms with Crippen molar-refractivity contribution in [2.24, 2.45) is 0 Å². The van der Waals surface area contributed by atoms with Crippen molar-refractivity contribution in [3.05, 3.63) is 75.4 Å². The topological polar surface area (TPSA) is 121 Å². The van der Waals surface area contributed by atoms with Gasteiger partial charge in [-0.15, -0.1) is 0 Å². The van der Waals surface area contributed by atoms with Crippen LogP contribution in [-0.2, 0) is 20.7 Å². The first-order valence-electron chi connectivity index (χ1n) is 15.0. The average Bonchev–Trinajstić information content (AvgIpc) is 3.64. The second-order valence-electron chi connectivity index (χ2n) is 11.5. The monoisotopic (exact) mass is 580 g/mol. The van der Waals surface area contributed by atoms with Gasteiger partial charge in [-0.25, -0.2) is 9.78 Å². The molecule has 0 aliphatic carbocycles. The first-order valence-corrected chi connectivity index (χ1v) is 15.0. The number of allylic oxidation sites excluding steroid dienone is 1. The number of H-pyrrole nitrogens is 2. The van der Waals surface area contributed by atoms with Gasteiger partial charge in [0.25, 0.3) is 0 Å². The number of ether oxygens (including phenoxy) is 1. The van der Waals surface area contributed by atoms with Gasteiger partial charge < -0.3 is 19.8 Å². The number of hydrogen-bond donors (Lipinski definition) is 3. The number of carboxylic acid groups (broad SMARTS) is 1. The molecule has 0 saturated carbocycles. The number of fused-ring (bicyclic) bond motifs is 8. The summed E-state index contributed by atoms with van der Waals surface area (Å²) in [4.78, 5) is 42.2. The molecular weight excluding hydrogens is 540 g/mol. The Morgan fingerprint density at radius 3 is 2.33 bits per heavy atom. The zero-order valence-corrected chi connectivity index (χ0v) is 26.1. The lowest BCUT2D eigenvalue weighted by molar-refractivity contribution is -0.143. The minimum atomic E-state index is -1.03. The zero-order valence-electron chi connectivity index (χ0n) is 26.1. The first-order chi connectivity index (χ1) is 20.5. The molecule has 43 heavy (non-hydrogen) atoms. The van der Waals surface area contributed by atoms with E-state index in [1.807, 2.05) is 26.0 Å². The number of aryl methyl sites for hydroxylation is 3. The van der Waals surface area contributed by atoms with Gasteiger partial charge in [0.2, 0.25) is 0 Å². The van der Waals surface area contributed by atoms with Crippen LogP contribution in [0.1, 0.15) is 103 Å². The Morgan fingerprint density at radius 1 is 0.977 bits per heavy atom. The highest BCUT2D eigenvalue weighted by molar-refractivity contribution is 6.24. The number of nitrogens with one attached hydrogen (secondary N) is 2. The van der Waals surface area contributed by atoms with Gasteiger partial charge in [-0.2, -0.15) is 0 Å².